The quantitative estimate of drug-likeness (QED) is 0.502. The first-order valence-corrected chi connectivity index (χ1v) is 9.40. The van der Waals surface area contributed by atoms with E-state index >= 15 is 0 Å². The minimum atomic E-state index is -0.634. The number of aryl methyl sites for hydroxylation is 1. The first kappa shape index (κ1) is 19.4. The highest BCUT2D eigenvalue weighted by Gasteiger charge is 2.34. The third-order valence-corrected chi connectivity index (χ3v) is 5.17. The van der Waals surface area contributed by atoms with Gasteiger partial charge in [0, 0.05) is 17.8 Å². The number of rotatable bonds is 4. The normalized spacial score (nSPS) is 15.7. The highest BCUT2D eigenvalue weighted by molar-refractivity contribution is 6.41. The molecule has 8 nitrogen and oxygen atoms in total. The van der Waals surface area contributed by atoms with E-state index in [9.17, 15) is 20.2 Å². The lowest BCUT2D eigenvalue weighted by Crippen LogP contribution is -2.13. The first-order valence-electron chi connectivity index (χ1n) is 9.40. The Morgan fingerprint density at radius 3 is 2.53 bits per heavy atom. The van der Waals surface area contributed by atoms with Gasteiger partial charge in [0.05, 0.1) is 38.6 Å². The number of aliphatic imine (C=N–C) groups is 2. The van der Waals surface area contributed by atoms with E-state index in [4.69, 9.17) is 4.99 Å². The van der Waals surface area contributed by atoms with Crippen molar-refractivity contribution in [2.75, 3.05) is 0 Å². The Labute approximate surface area is 172 Å². The predicted molar refractivity (Wildman–Crippen MR) is 116 cm³/mol. The molecule has 0 N–H and O–H groups in total. The molecule has 2 aromatic carbocycles. The minimum Gasteiger partial charge on any atom is -0.258 e. The maximum atomic E-state index is 11.6. The number of allylic oxidation sites excluding steroid dienone is 2. The van der Waals surface area contributed by atoms with Crippen LogP contribution in [-0.4, -0.2) is 21.3 Å². The van der Waals surface area contributed by atoms with Crippen molar-refractivity contribution in [2.24, 2.45) is 9.98 Å². The number of para-hydroxylation sites is 1. The number of nitro groups is 2. The third kappa shape index (κ3) is 3.12. The second kappa shape index (κ2) is 7.14. The van der Waals surface area contributed by atoms with Crippen LogP contribution in [0.4, 0.5) is 17.1 Å². The molecule has 0 saturated carbocycles. The highest BCUT2D eigenvalue weighted by Crippen LogP contribution is 2.39. The fourth-order valence-electron chi connectivity index (χ4n) is 3.73. The van der Waals surface area contributed by atoms with Crippen LogP contribution in [0.3, 0.4) is 0 Å². The zero-order valence-electron chi connectivity index (χ0n) is 16.6. The van der Waals surface area contributed by atoms with Gasteiger partial charge in [0.1, 0.15) is 0 Å². The van der Waals surface area contributed by atoms with Gasteiger partial charge in [-0.2, -0.15) is 0 Å². The van der Waals surface area contributed by atoms with Crippen molar-refractivity contribution in [1.29, 1.82) is 0 Å². The lowest BCUT2D eigenvalue weighted by molar-refractivity contribution is -0.394. The summed E-state index contributed by atoms with van der Waals surface area (Å²) in [7, 11) is 0. The maximum absolute atomic E-state index is 11.6. The van der Waals surface area contributed by atoms with Gasteiger partial charge in [-0.15, -0.1) is 0 Å². The van der Waals surface area contributed by atoms with Crippen molar-refractivity contribution in [1.82, 2.24) is 0 Å². The lowest BCUT2D eigenvalue weighted by atomic mass is 9.97. The molecule has 0 atom stereocenters. The van der Waals surface area contributed by atoms with E-state index in [2.05, 4.69) is 18.8 Å². The first-order chi connectivity index (χ1) is 14.3. The van der Waals surface area contributed by atoms with Crippen molar-refractivity contribution < 1.29 is 9.85 Å². The number of benzene rings is 2. The SMILES string of the molecule is Cc1cccc(C(C)C)c1N=C1C=CN=C2C1=Cc1cc([N+](=O)[O-])cc([N+](=O)[O-])c12. The smallest absolute Gasteiger partial charge is 0.258 e. The number of non-ortho nitro benzene ring substituents is 1. The summed E-state index contributed by atoms with van der Waals surface area (Å²) in [6, 6.07) is 8.32. The Morgan fingerprint density at radius 2 is 1.87 bits per heavy atom. The van der Waals surface area contributed by atoms with E-state index in [1.165, 1.54) is 6.07 Å². The van der Waals surface area contributed by atoms with E-state index in [0.717, 1.165) is 22.9 Å². The molecule has 30 heavy (non-hydrogen) atoms. The monoisotopic (exact) mass is 402 g/mol. The summed E-state index contributed by atoms with van der Waals surface area (Å²) in [6.07, 6.45) is 4.99. The molecule has 2 aromatic rings. The number of hydrogen-bond donors (Lipinski definition) is 0. The summed E-state index contributed by atoms with van der Waals surface area (Å²) in [5.41, 5.74) is 4.63. The van der Waals surface area contributed by atoms with Crippen molar-refractivity contribution >= 4 is 34.6 Å². The molecule has 1 aliphatic heterocycles. The molecule has 1 aliphatic carbocycles. The average Bonchev–Trinajstić information content (AvgIpc) is 3.08. The molecular formula is C22H18N4O4. The van der Waals surface area contributed by atoms with Gasteiger partial charge in [-0.05, 0) is 41.7 Å². The van der Waals surface area contributed by atoms with E-state index in [0.29, 0.717) is 22.6 Å². The topological polar surface area (TPSA) is 111 Å². The Kier molecular flexibility index (Phi) is 4.62. The van der Waals surface area contributed by atoms with Gasteiger partial charge in [0.25, 0.3) is 11.4 Å². The molecular weight excluding hydrogens is 384 g/mol. The van der Waals surface area contributed by atoms with Crippen LogP contribution in [0.1, 0.15) is 42.0 Å². The third-order valence-electron chi connectivity index (χ3n) is 5.17. The Bertz CT molecular complexity index is 1240. The second-order valence-corrected chi connectivity index (χ2v) is 7.46. The fraction of sp³-hybridized carbons (Fsp3) is 0.182. The van der Waals surface area contributed by atoms with Crippen LogP contribution in [0.25, 0.3) is 6.08 Å². The van der Waals surface area contributed by atoms with Crippen LogP contribution in [0, 0.1) is 27.2 Å². The van der Waals surface area contributed by atoms with Crippen molar-refractivity contribution in [3.05, 3.63) is 90.7 Å². The van der Waals surface area contributed by atoms with Gasteiger partial charge in [-0.25, -0.2) is 4.99 Å². The molecule has 1 heterocycles. The van der Waals surface area contributed by atoms with E-state index in [1.807, 2.05) is 25.1 Å². The van der Waals surface area contributed by atoms with Crippen LogP contribution >= 0.6 is 0 Å². The Balaban J connectivity index is 1.90. The van der Waals surface area contributed by atoms with Gasteiger partial charge < -0.3 is 0 Å². The molecule has 150 valence electrons. The molecule has 0 amide bonds. The lowest BCUT2D eigenvalue weighted by Gasteiger charge is -2.15. The molecule has 0 spiro atoms. The van der Waals surface area contributed by atoms with Gasteiger partial charge in [0.15, 0.2) is 0 Å². The minimum absolute atomic E-state index is 0.267. The van der Waals surface area contributed by atoms with Crippen molar-refractivity contribution in [3.8, 4) is 0 Å². The van der Waals surface area contributed by atoms with Gasteiger partial charge in [-0.1, -0.05) is 32.0 Å². The molecule has 4 rings (SSSR count). The summed E-state index contributed by atoms with van der Waals surface area (Å²) < 4.78 is 0. The van der Waals surface area contributed by atoms with Crippen LogP contribution in [0.2, 0.25) is 0 Å². The highest BCUT2D eigenvalue weighted by atomic mass is 16.6. The van der Waals surface area contributed by atoms with Crippen LogP contribution < -0.4 is 0 Å². The molecule has 0 radical (unpaired) electrons. The van der Waals surface area contributed by atoms with E-state index < -0.39 is 9.85 Å². The average molecular weight is 402 g/mol. The van der Waals surface area contributed by atoms with Gasteiger partial charge in [-0.3, -0.25) is 25.2 Å². The zero-order valence-corrected chi connectivity index (χ0v) is 16.6. The molecule has 0 unspecified atom stereocenters. The predicted octanol–water partition coefficient (Wildman–Crippen LogP) is 5.42. The maximum Gasteiger partial charge on any atom is 0.286 e. The van der Waals surface area contributed by atoms with E-state index in [-0.39, 0.29) is 22.9 Å². The van der Waals surface area contributed by atoms with Crippen LogP contribution in [-0.2, 0) is 0 Å². The van der Waals surface area contributed by atoms with Crippen molar-refractivity contribution in [2.45, 2.75) is 26.7 Å². The summed E-state index contributed by atoms with van der Waals surface area (Å²) in [6.45, 7) is 6.17. The number of hydrogen-bond acceptors (Lipinski definition) is 6. The largest absolute Gasteiger partial charge is 0.286 e. The van der Waals surface area contributed by atoms with Crippen molar-refractivity contribution in [3.63, 3.8) is 0 Å². The standard InChI is InChI=1S/C22H18N4O4/c1-12(2)16-6-4-5-13(3)21(16)24-18-7-8-23-22-17(18)10-14-9-15(25(27)28)11-19(20(14)22)26(29)30/h4-12H,1-3H3. The molecule has 2 aliphatic rings. The Hall–Kier alpha value is -3.94. The second-order valence-electron chi connectivity index (χ2n) is 7.46. The molecule has 0 bridgehead atoms. The van der Waals surface area contributed by atoms with Crippen LogP contribution in [0.5, 0.6) is 0 Å². The van der Waals surface area contributed by atoms with Gasteiger partial charge in [0.2, 0.25) is 0 Å². The molecule has 0 fully saturated rings. The van der Waals surface area contributed by atoms with Gasteiger partial charge >= 0.3 is 0 Å². The number of nitro benzene ring substituents is 2. The molecule has 8 heteroatoms. The fourth-order valence-corrected chi connectivity index (χ4v) is 3.73. The summed E-state index contributed by atoms with van der Waals surface area (Å²) in [4.78, 5) is 30.8. The van der Waals surface area contributed by atoms with E-state index in [1.54, 1.807) is 18.4 Å². The Morgan fingerprint density at radius 1 is 1.10 bits per heavy atom. The zero-order chi connectivity index (χ0) is 21.6. The van der Waals surface area contributed by atoms with Crippen LogP contribution in [0.15, 0.2) is 58.2 Å². The molecule has 0 aromatic heterocycles. The molecule has 0 saturated heterocycles. The summed E-state index contributed by atoms with van der Waals surface area (Å²) in [5.74, 6) is 0.267. The number of nitrogens with zero attached hydrogens (tertiary/aromatic N) is 4. The summed E-state index contributed by atoms with van der Waals surface area (Å²) in [5, 5.41) is 22.8. The number of fused-ring (bicyclic) bond motifs is 3. The summed E-state index contributed by atoms with van der Waals surface area (Å²) >= 11 is 0.